The quantitative estimate of drug-likeness (QED) is 0.878. The van der Waals surface area contributed by atoms with E-state index in [0.717, 1.165) is 11.6 Å². The molecule has 1 aromatic carbocycles. The summed E-state index contributed by atoms with van der Waals surface area (Å²) in [7, 11) is 0. The third kappa shape index (κ3) is 3.81. The molecule has 0 unspecified atom stereocenters. The first-order valence-electron chi connectivity index (χ1n) is 5.22. The molecule has 0 atom stereocenters. The van der Waals surface area contributed by atoms with Crippen LogP contribution < -0.4 is 0 Å². The smallest absolute Gasteiger partial charge is 0.328 e. The summed E-state index contributed by atoms with van der Waals surface area (Å²) in [6.45, 7) is 0. The van der Waals surface area contributed by atoms with Crippen molar-refractivity contribution in [3.05, 3.63) is 51.7 Å². The Hall–Kier alpha value is -1.85. The van der Waals surface area contributed by atoms with Crippen LogP contribution in [0.1, 0.15) is 17.3 Å². The molecular formula is C12H8Cl2N2O3. The molecule has 1 heterocycles. The molecular weight excluding hydrogens is 291 g/mol. The summed E-state index contributed by atoms with van der Waals surface area (Å²) in [5.41, 5.74) is 0.867. The maximum absolute atomic E-state index is 10.3. The lowest BCUT2D eigenvalue weighted by molar-refractivity contribution is -0.131. The van der Waals surface area contributed by atoms with Gasteiger partial charge in [0.15, 0.2) is 0 Å². The average molecular weight is 299 g/mol. The molecule has 0 saturated heterocycles. The lowest BCUT2D eigenvalue weighted by atomic mass is 10.1. The Bertz CT molecular complexity index is 638. The first-order valence-corrected chi connectivity index (χ1v) is 5.97. The number of nitrogens with zero attached hydrogens (tertiary/aromatic N) is 2. The number of benzene rings is 1. The fourth-order valence-electron chi connectivity index (χ4n) is 1.37. The first-order chi connectivity index (χ1) is 9.04. The van der Waals surface area contributed by atoms with Crippen LogP contribution in [0.15, 0.2) is 28.7 Å². The Morgan fingerprint density at radius 1 is 1.32 bits per heavy atom. The monoisotopic (exact) mass is 298 g/mol. The van der Waals surface area contributed by atoms with E-state index in [4.69, 9.17) is 32.7 Å². The third-order valence-electron chi connectivity index (χ3n) is 2.19. The van der Waals surface area contributed by atoms with Crippen molar-refractivity contribution in [2.75, 3.05) is 0 Å². The molecule has 0 fully saturated rings. The van der Waals surface area contributed by atoms with Gasteiger partial charge in [0.1, 0.15) is 0 Å². The van der Waals surface area contributed by atoms with Crippen LogP contribution in [0.5, 0.6) is 0 Å². The van der Waals surface area contributed by atoms with Gasteiger partial charge in [-0.25, -0.2) is 4.79 Å². The van der Waals surface area contributed by atoms with Gasteiger partial charge in [-0.2, -0.15) is 0 Å². The van der Waals surface area contributed by atoms with Crippen LogP contribution in [-0.2, 0) is 11.2 Å². The molecule has 0 amide bonds. The number of rotatable bonds is 4. The van der Waals surface area contributed by atoms with E-state index in [2.05, 4.69) is 10.2 Å². The summed E-state index contributed by atoms with van der Waals surface area (Å²) >= 11 is 11.7. The topological polar surface area (TPSA) is 76.2 Å². The zero-order valence-corrected chi connectivity index (χ0v) is 11.0. The van der Waals surface area contributed by atoms with Gasteiger partial charge in [-0.15, -0.1) is 10.2 Å². The van der Waals surface area contributed by atoms with E-state index < -0.39 is 5.97 Å². The number of halogens is 2. The van der Waals surface area contributed by atoms with Gasteiger partial charge < -0.3 is 9.52 Å². The number of carboxylic acid groups (broad SMARTS) is 1. The Morgan fingerprint density at radius 2 is 2.11 bits per heavy atom. The highest BCUT2D eigenvalue weighted by Gasteiger charge is 2.07. The Morgan fingerprint density at radius 3 is 2.79 bits per heavy atom. The van der Waals surface area contributed by atoms with Gasteiger partial charge in [-0.3, -0.25) is 0 Å². The molecule has 5 nitrogen and oxygen atoms in total. The van der Waals surface area contributed by atoms with Gasteiger partial charge in [-0.05, 0) is 17.7 Å². The van der Waals surface area contributed by atoms with Crippen molar-refractivity contribution in [1.82, 2.24) is 10.2 Å². The van der Waals surface area contributed by atoms with Crippen molar-refractivity contribution in [3.63, 3.8) is 0 Å². The van der Waals surface area contributed by atoms with Gasteiger partial charge in [0.25, 0.3) is 0 Å². The Labute approximate surface area is 118 Å². The van der Waals surface area contributed by atoms with Gasteiger partial charge in [-0.1, -0.05) is 29.3 Å². The molecule has 0 saturated carbocycles. The summed E-state index contributed by atoms with van der Waals surface area (Å²) in [6.07, 6.45) is 2.55. The third-order valence-corrected chi connectivity index (χ3v) is 2.93. The minimum Gasteiger partial charge on any atom is -0.478 e. The summed E-state index contributed by atoms with van der Waals surface area (Å²) in [5, 5.41) is 16.9. The minimum atomic E-state index is -1.08. The molecule has 0 aliphatic rings. The molecule has 0 bridgehead atoms. The van der Waals surface area contributed by atoms with Crippen molar-refractivity contribution in [2.24, 2.45) is 0 Å². The van der Waals surface area contributed by atoms with Crippen molar-refractivity contribution < 1.29 is 14.3 Å². The normalized spacial score (nSPS) is 11.1. The molecule has 2 aromatic rings. The van der Waals surface area contributed by atoms with E-state index in [1.54, 1.807) is 18.2 Å². The van der Waals surface area contributed by atoms with Crippen LogP contribution in [-0.4, -0.2) is 21.3 Å². The molecule has 0 aliphatic carbocycles. The number of aliphatic carboxylic acids is 1. The second-order valence-corrected chi connectivity index (χ2v) is 4.45. The summed E-state index contributed by atoms with van der Waals surface area (Å²) in [4.78, 5) is 10.3. The number of carboxylic acids is 1. The molecule has 19 heavy (non-hydrogen) atoms. The summed E-state index contributed by atoms with van der Waals surface area (Å²) < 4.78 is 5.26. The lowest BCUT2D eigenvalue weighted by Gasteiger charge is -1.99. The fourth-order valence-corrected chi connectivity index (χ4v) is 1.69. The molecule has 1 N–H and O–H groups in total. The number of carbonyl (C=O) groups is 1. The Kier molecular flexibility index (Phi) is 4.19. The van der Waals surface area contributed by atoms with Crippen molar-refractivity contribution in [1.29, 1.82) is 0 Å². The van der Waals surface area contributed by atoms with Crippen molar-refractivity contribution in [3.8, 4) is 0 Å². The molecule has 0 spiro atoms. The predicted octanol–water partition coefficient (Wildman–Crippen LogP) is 3.07. The largest absolute Gasteiger partial charge is 0.478 e. The summed E-state index contributed by atoms with van der Waals surface area (Å²) in [6, 6.07) is 5.19. The lowest BCUT2D eigenvalue weighted by Crippen LogP contribution is -1.88. The highest BCUT2D eigenvalue weighted by atomic mass is 35.5. The van der Waals surface area contributed by atoms with Crippen LogP contribution in [0.4, 0.5) is 0 Å². The van der Waals surface area contributed by atoms with Crippen molar-refractivity contribution >= 4 is 35.2 Å². The van der Waals surface area contributed by atoms with Gasteiger partial charge in [0, 0.05) is 12.2 Å². The number of hydrogen-bond acceptors (Lipinski definition) is 4. The second kappa shape index (κ2) is 5.86. The van der Waals surface area contributed by atoms with Crippen LogP contribution in [0.3, 0.4) is 0 Å². The minimum absolute atomic E-state index is 0.137. The van der Waals surface area contributed by atoms with Crippen LogP contribution in [0, 0.1) is 0 Å². The van der Waals surface area contributed by atoms with E-state index in [1.807, 2.05) is 0 Å². The molecule has 0 radical (unpaired) electrons. The SMILES string of the molecule is O=C(O)/C=C/c1nnc(Cc2ccc(Cl)c(Cl)c2)o1. The highest BCUT2D eigenvalue weighted by Crippen LogP contribution is 2.23. The second-order valence-electron chi connectivity index (χ2n) is 3.63. The van der Waals surface area contributed by atoms with Gasteiger partial charge in [0.05, 0.1) is 16.5 Å². The zero-order valence-electron chi connectivity index (χ0n) is 9.51. The average Bonchev–Trinajstić information content (AvgIpc) is 2.79. The molecule has 2 rings (SSSR count). The molecule has 98 valence electrons. The van der Waals surface area contributed by atoms with Crippen LogP contribution in [0.2, 0.25) is 10.0 Å². The molecule has 0 aliphatic heterocycles. The van der Waals surface area contributed by atoms with E-state index in [1.165, 1.54) is 6.08 Å². The Balaban J connectivity index is 2.11. The van der Waals surface area contributed by atoms with E-state index >= 15 is 0 Å². The zero-order chi connectivity index (χ0) is 13.8. The highest BCUT2D eigenvalue weighted by molar-refractivity contribution is 6.42. The van der Waals surface area contributed by atoms with Crippen LogP contribution >= 0.6 is 23.2 Å². The maximum atomic E-state index is 10.3. The molecule has 7 heteroatoms. The van der Waals surface area contributed by atoms with Crippen LogP contribution in [0.25, 0.3) is 6.08 Å². The first kappa shape index (κ1) is 13.6. The number of hydrogen-bond donors (Lipinski definition) is 1. The standard InChI is InChI=1S/C12H8Cl2N2O3/c13-8-2-1-7(5-9(8)14)6-11-16-15-10(19-11)3-4-12(17)18/h1-5H,6H2,(H,17,18)/b4-3+. The van der Waals surface area contributed by atoms with Gasteiger partial charge in [0.2, 0.25) is 11.8 Å². The van der Waals surface area contributed by atoms with E-state index in [9.17, 15) is 4.79 Å². The van der Waals surface area contributed by atoms with E-state index in [0.29, 0.717) is 22.4 Å². The fraction of sp³-hybridized carbons (Fsp3) is 0.0833. The van der Waals surface area contributed by atoms with Gasteiger partial charge >= 0.3 is 5.97 Å². The molecule has 1 aromatic heterocycles. The van der Waals surface area contributed by atoms with Crippen molar-refractivity contribution in [2.45, 2.75) is 6.42 Å². The number of aromatic nitrogens is 2. The predicted molar refractivity (Wildman–Crippen MR) is 70.2 cm³/mol. The van der Waals surface area contributed by atoms with E-state index in [-0.39, 0.29) is 5.89 Å². The summed E-state index contributed by atoms with van der Waals surface area (Å²) in [5.74, 6) is -0.579. The maximum Gasteiger partial charge on any atom is 0.328 e.